The number of rotatable bonds is 4. The molecule has 0 bridgehead atoms. The van der Waals surface area contributed by atoms with E-state index in [2.05, 4.69) is 19.9 Å². The fourth-order valence-electron chi connectivity index (χ4n) is 4.27. The largest absolute Gasteiger partial charge is 0.416 e. The molecule has 0 saturated carbocycles. The van der Waals surface area contributed by atoms with Crippen molar-refractivity contribution < 1.29 is 22.3 Å². The van der Waals surface area contributed by atoms with E-state index >= 15 is 4.39 Å². The molecule has 0 aliphatic carbocycles. The summed E-state index contributed by atoms with van der Waals surface area (Å²) in [7, 11) is 3.63. The Morgan fingerprint density at radius 3 is 2.54 bits per heavy atom. The van der Waals surface area contributed by atoms with Gasteiger partial charge in [0.1, 0.15) is 16.6 Å². The first-order valence-corrected chi connectivity index (χ1v) is 12.4. The smallest absolute Gasteiger partial charge is 0.367 e. The Labute approximate surface area is 214 Å². The number of hydrogen-bond donors (Lipinski definition) is 0. The number of fused-ring (bicyclic) bond motifs is 1. The van der Waals surface area contributed by atoms with Gasteiger partial charge in [-0.1, -0.05) is 11.3 Å². The van der Waals surface area contributed by atoms with Crippen molar-refractivity contribution >= 4 is 32.8 Å². The van der Waals surface area contributed by atoms with Crippen molar-refractivity contribution in [2.75, 3.05) is 37.0 Å². The lowest BCUT2D eigenvalue weighted by molar-refractivity contribution is -0.137. The van der Waals surface area contributed by atoms with Crippen molar-refractivity contribution in [2.24, 2.45) is 0 Å². The lowest BCUT2D eigenvalue weighted by atomic mass is 10.1. The maximum atomic E-state index is 15.1. The maximum absolute atomic E-state index is 15.1. The van der Waals surface area contributed by atoms with Crippen molar-refractivity contribution in [3.8, 4) is 11.3 Å². The van der Waals surface area contributed by atoms with E-state index in [1.54, 1.807) is 11.1 Å². The van der Waals surface area contributed by atoms with Gasteiger partial charge in [-0.15, -0.1) is 0 Å². The number of nitrogens with zero attached hydrogens (tertiary/aromatic N) is 6. The molecule has 12 heteroatoms. The lowest BCUT2D eigenvalue weighted by Crippen LogP contribution is -2.43. The minimum absolute atomic E-state index is 0.0433. The molecule has 0 radical (unpaired) electrons. The zero-order chi connectivity index (χ0) is 26.5. The first-order valence-electron chi connectivity index (χ1n) is 11.6. The van der Waals surface area contributed by atoms with Gasteiger partial charge in [-0.2, -0.15) is 23.1 Å². The molecule has 37 heavy (non-hydrogen) atoms. The summed E-state index contributed by atoms with van der Waals surface area (Å²) in [5.74, 6) is -0.704. The van der Waals surface area contributed by atoms with Crippen LogP contribution >= 0.6 is 11.3 Å². The normalized spacial score (nSPS) is 18.4. The summed E-state index contributed by atoms with van der Waals surface area (Å²) in [4.78, 5) is 21.9. The van der Waals surface area contributed by atoms with Gasteiger partial charge in [0, 0.05) is 38.1 Å². The predicted octanol–water partition coefficient (Wildman–Crippen LogP) is 5.65. The van der Waals surface area contributed by atoms with Gasteiger partial charge in [0.15, 0.2) is 10.8 Å². The fraction of sp³-hybridized carbons (Fsp3) is 0.360. The zero-order valence-electron chi connectivity index (χ0n) is 20.5. The Morgan fingerprint density at radius 1 is 1.08 bits per heavy atom. The number of hydrogen-bond acceptors (Lipinski definition) is 8. The van der Waals surface area contributed by atoms with Gasteiger partial charge in [-0.3, -0.25) is 4.98 Å². The number of halogens is 4. The second-order valence-corrected chi connectivity index (χ2v) is 10.2. The molecule has 0 amide bonds. The second-order valence-electron chi connectivity index (χ2n) is 9.18. The summed E-state index contributed by atoms with van der Waals surface area (Å²) < 4.78 is 61.2. The van der Waals surface area contributed by atoms with Crippen LogP contribution in [-0.4, -0.2) is 53.2 Å². The fourth-order valence-corrected chi connectivity index (χ4v) is 5.20. The van der Waals surface area contributed by atoms with Crippen LogP contribution in [0.1, 0.15) is 29.8 Å². The molecule has 5 rings (SSSR count). The van der Waals surface area contributed by atoms with Crippen LogP contribution in [0.4, 0.5) is 28.6 Å². The van der Waals surface area contributed by atoms with Crippen molar-refractivity contribution in [1.82, 2.24) is 19.9 Å². The number of aromatic nitrogens is 4. The van der Waals surface area contributed by atoms with Crippen LogP contribution in [0.3, 0.4) is 0 Å². The van der Waals surface area contributed by atoms with E-state index in [0.29, 0.717) is 40.6 Å². The van der Waals surface area contributed by atoms with E-state index in [-0.39, 0.29) is 23.5 Å². The minimum Gasteiger partial charge on any atom is -0.367 e. The van der Waals surface area contributed by atoms with E-state index in [4.69, 9.17) is 4.74 Å². The van der Waals surface area contributed by atoms with Crippen molar-refractivity contribution in [2.45, 2.75) is 32.2 Å². The van der Waals surface area contributed by atoms with Gasteiger partial charge in [-0.05, 0) is 49.7 Å². The molecule has 4 aromatic rings. The molecule has 0 N–H and O–H groups in total. The Balaban J connectivity index is 1.61. The van der Waals surface area contributed by atoms with Crippen LogP contribution in [0, 0.1) is 12.7 Å². The van der Waals surface area contributed by atoms with Gasteiger partial charge in [0.05, 0.1) is 23.9 Å². The first-order chi connectivity index (χ1) is 17.5. The van der Waals surface area contributed by atoms with Crippen molar-refractivity contribution in [1.29, 1.82) is 0 Å². The molecule has 4 heterocycles. The number of thiazole rings is 1. The molecule has 1 aliphatic rings. The number of alkyl halides is 3. The monoisotopic (exact) mass is 532 g/mol. The highest BCUT2D eigenvalue weighted by Crippen LogP contribution is 2.39. The molecule has 0 spiro atoms. The van der Waals surface area contributed by atoms with Crippen LogP contribution in [0.2, 0.25) is 0 Å². The average Bonchev–Trinajstić information content (AvgIpc) is 3.27. The molecule has 1 aliphatic heterocycles. The zero-order valence-corrected chi connectivity index (χ0v) is 21.4. The first kappa shape index (κ1) is 25.3. The van der Waals surface area contributed by atoms with Crippen molar-refractivity contribution in [3.05, 3.63) is 59.2 Å². The Hall–Kier alpha value is -3.38. The highest BCUT2D eigenvalue weighted by atomic mass is 32.1. The number of benzene rings is 1. The third-order valence-corrected chi connectivity index (χ3v) is 7.22. The number of anilines is 2. The van der Waals surface area contributed by atoms with Crippen LogP contribution in [0.25, 0.3) is 21.6 Å². The van der Waals surface area contributed by atoms with E-state index in [1.165, 1.54) is 11.3 Å². The van der Waals surface area contributed by atoms with Gasteiger partial charge >= 0.3 is 6.18 Å². The van der Waals surface area contributed by atoms with Gasteiger partial charge in [0.2, 0.25) is 5.95 Å². The molecule has 1 fully saturated rings. The number of aryl methyl sites for hydroxylation is 1. The lowest BCUT2D eigenvalue weighted by Gasteiger charge is -2.37. The highest BCUT2D eigenvalue weighted by Gasteiger charge is 2.33. The molecule has 3 aromatic heterocycles. The summed E-state index contributed by atoms with van der Waals surface area (Å²) in [6.45, 7) is 4.75. The quantitative estimate of drug-likeness (QED) is 0.315. The average molecular weight is 533 g/mol. The van der Waals surface area contributed by atoms with Crippen LogP contribution < -0.4 is 9.80 Å². The molecule has 194 valence electrons. The van der Waals surface area contributed by atoms with Crippen LogP contribution in [0.15, 0.2) is 36.5 Å². The Kier molecular flexibility index (Phi) is 6.48. The van der Waals surface area contributed by atoms with Gasteiger partial charge in [-0.25, -0.2) is 9.37 Å². The molecule has 1 saturated heterocycles. The molecule has 1 aromatic carbocycles. The third kappa shape index (κ3) is 5.08. The minimum atomic E-state index is -4.65. The summed E-state index contributed by atoms with van der Waals surface area (Å²) in [5.41, 5.74) is 1.27. The van der Waals surface area contributed by atoms with Gasteiger partial charge < -0.3 is 14.5 Å². The summed E-state index contributed by atoms with van der Waals surface area (Å²) in [5, 5.41) is 0.621. The Morgan fingerprint density at radius 2 is 1.86 bits per heavy atom. The molecule has 2 atom stereocenters. The summed E-state index contributed by atoms with van der Waals surface area (Å²) >= 11 is 1.25. The van der Waals surface area contributed by atoms with Crippen LogP contribution in [0.5, 0.6) is 0 Å². The molecule has 0 unspecified atom stereocenters. The predicted molar refractivity (Wildman–Crippen MR) is 134 cm³/mol. The summed E-state index contributed by atoms with van der Waals surface area (Å²) in [6.07, 6.45) is -3.36. The topological polar surface area (TPSA) is 67.3 Å². The number of morpholine rings is 1. The van der Waals surface area contributed by atoms with E-state index < -0.39 is 17.6 Å². The SMILES string of the molecule is Cc1cc([C@H]2CN(c3nc(-c4ccc(C(F)(F)F)cc4F)c4sc(N(C)C)nc4n3)C[C@H](C)O2)ccn1. The van der Waals surface area contributed by atoms with Crippen molar-refractivity contribution in [3.63, 3.8) is 0 Å². The second kappa shape index (κ2) is 9.49. The molecular weight excluding hydrogens is 508 g/mol. The summed E-state index contributed by atoms with van der Waals surface area (Å²) in [6, 6.07) is 6.32. The number of pyridine rings is 1. The standard InChI is InChI=1S/C25H24F4N6OS/c1-13-9-15(7-8-30-13)19-12-35(11-14(2)36-19)23-31-20(21-22(32-23)33-24(37-21)34(3)4)17-6-5-16(10-18(17)26)25(27,28)29/h5-10,14,19H,11-12H2,1-4H3/t14-,19+/m0/s1. The third-order valence-electron chi connectivity index (χ3n) is 6.00. The highest BCUT2D eigenvalue weighted by molar-refractivity contribution is 7.22. The van der Waals surface area contributed by atoms with Gasteiger partial charge in [0.25, 0.3) is 0 Å². The van der Waals surface area contributed by atoms with E-state index in [9.17, 15) is 13.2 Å². The van der Waals surface area contributed by atoms with E-state index in [0.717, 1.165) is 23.4 Å². The number of ether oxygens (including phenoxy) is 1. The van der Waals surface area contributed by atoms with Crippen LogP contribution in [-0.2, 0) is 10.9 Å². The maximum Gasteiger partial charge on any atom is 0.416 e. The molecule has 7 nitrogen and oxygen atoms in total. The van der Waals surface area contributed by atoms with E-state index in [1.807, 2.05) is 45.0 Å². The molecular formula is C25H24F4N6OS. The Bertz CT molecular complexity index is 1460.